The van der Waals surface area contributed by atoms with Crippen molar-refractivity contribution in [2.45, 2.75) is 20.4 Å². The maximum Gasteiger partial charge on any atom is 0.244 e. The number of pyridine rings is 1. The van der Waals surface area contributed by atoms with Crippen LogP contribution in [0.15, 0.2) is 36.5 Å². The fourth-order valence-electron chi connectivity index (χ4n) is 2.64. The molecule has 28 heavy (non-hydrogen) atoms. The number of aryl methyl sites for hydroxylation is 2. The highest BCUT2D eigenvalue weighted by Gasteiger charge is 2.25. The topological polar surface area (TPSA) is 83.5 Å². The Morgan fingerprint density at radius 3 is 2.57 bits per heavy atom. The number of likely N-dealkylation sites (N-methyl/N-ethyl adjacent to an activating group) is 1. The molecule has 2 heterocycles. The van der Waals surface area contributed by atoms with Crippen molar-refractivity contribution in [3.05, 3.63) is 53.3 Å². The van der Waals surface area contributed by atoms with E-state index >= 15 is 0 Å². The molecule has 3 rings (SSSR count). The number of rotatable bonds is 6. The summed E-state index contributed by atoms with van der Waals surface area (Å²) in [6.45, 7) is 3.98. The van der Waals surface area contributed by atoms with Gasteiger partial charge in [0.05, 0.1) is 35.3 Å². The highest BCUT2D eigenvalue weighted by Crippen LogP contribution is 2.32. The Hall–Kier alpha value is -2.36. The molecule has 0 bridgehead atoms. The summed E-state index contributed by atoms with van der Waals surface area (Å²) in [6, 6.07) is 9.49. The van der Waals surface area contributed by atoms with Crippen LogP contribution in [0.1, 0.15) is 16.8 Å². The molecule has 7 nitrogen and oxygen atoms in total. The molecule has 0 atom stereocenters. The maximum absolute atomic E-state index is 13.0. The van der Waals surface area contributed by atoms with E-state index in [4.69, 9.17) is 0 Å². The minimum atomic E-state index is -3.47. The van der Waals surface area contributed by atoms with E-state index in [0.717, 1.165) is 31.9 Å². The summed E-state index contributed by atoms with van der Waals surface area (Å²) in [5.74, 6) is -0.355. The number of carbonyl (C=O) groups excluding carboxylic acids is 1. The van der Waals surface area contributed by atoms with E-state index in [9.17, 15) is 13.2 Å². The minimum absolute atomic E-state index is 0.217. The Morgan fingerprint density at radius 1 is 1.18 bits per heavy atom. The number of amides is 1. The molecule has 0 spiro atoms. The molecule has 0 radical (unpaired) electrons. The summed E-state index contributed by atoms with van der Waals surface area (Å²) < 4.78 is 25.5. The van der Waals surface area contributed by atoms with Crippen molar-refractivity contribution in [1.29, 1.82) is 0 Å². The number of sulfonamides is 1. The number of carbonyl (C=O) groups is 1. The van der Waals surface area contributed by atoms with Gasteiger partial charge in [-0.05, 0) is 43.2 Å². The van der Waals surface area contributed by atoms with Gasteiger partial charge in [0.2, 0.25) is 15.9 Å². The first-order chi connectivity index (χ1) is 13.2. The third-order valence-corrected chi connectivity index (χ3v) is 6.88. The van der Waals surface area contributed by atoms with E-state index in [-0.39, 0.29) is 19.0 Å². The molecular weight excluding hydrogens is 396 g/mol. The molecule has 1 amide bonds. The van der Waals surface area contributed by atoms with Gasteiger partial charge in [0.15, 0.2) is 5.13 Å². The summed E-state index contributed by atoms with van der Waals surface area (Å²) >= 11 is 1.41. The van der Waals surface area contributed by atoms with Crippen LogP contribution in [0.25, 0.3) is 10.2 Å². The van der Waals surface area contributed by atoms with Gasteiger partial charge in [-0.15, -0.1) is 0 Å². The molecule has 0 N–H and O–H groups in total. The van der Waals surface area contributed by atoms with E-state index < -0.39 is 10.0 Å². The molecule has 0 fully saturated rings. The molecule has 2 aromatic heterocycles. The zero-order chi connectivity index (χ0) is 20.5. The fraction of sp³-hybridized carbons (Fsp3) is 0.316. The van der Waals surface area contributed by atoms with Gasteiger partial charge in [0, 0.05) is 13.2 Å². The summed E-state index contributed by atoms with van der Waals surface area (Å²) in [4.78, 5) is 23.5. The second-order valence-corrected chi connectivity index (χ2v) is 9.77. The monoisotopic (exact) mass is 418 g/mol. The molecule has 9 heteroatoms. The van der Waals surface area contributed by atoms with Crippen LogP contribution < -0.4 is 4.90 Å². The zero-order valence-corrected chi connectivity index (χ0v) is 17.8. The highest BCUT2D eigenvalue weighted by molar-refractivity contribution is 7.88. The van der Waals surface area contributed by atoms with Crippen LogP contribution in [0.4, 0.5) is 5.13 Å². The van der Waals surface area contributed by atoms with Crippen LogP contribution in [0, 0.1) is 13.8 Å². The smallest absolute Gasteiger partial charge is 0.244 e. The van der Waals surface area contributed by atoms with Crippen molar-refractivity contribution in [2.24, 2.45) is 0 Å². The largest absolute Gasteiger partial charge is 0.281 e. The SMILES string of the molecule is Cc1ccc2sc(N(Cc3ccccn3)C(=O)CN(C)S(C)(=O)=O)nc2c1C. The van der Waals surface area contributed by atoms with E-state index in [2.05, 4.69) is 9.97 Å². The third-order valence-electron chi connectivity index (χ3n) is 4.58. The molecule has 148 valence electrons. The van der Waals surface area contributed by atoms with Crippen molar-refractivity contribution >= 4 is 42.6 Å². The van der Waals surface area contributed by atoms with Crippen LogP contribution in [0.2, 0.25) is 0 Å². The normalized spacial score (nSPS) is 11.9. The Morgan fingerprint density at radius 2 is 1.93 bits per heavy atom. The number of benzene rings is 1. The van der Waals surface area contributed by atoms with Crippen LogP contribution >= 0.6 is 11.3 Å². The number of hydrogen-bond donors (Lipinski definition) is 0. The van der Waals surface area contributed by atoms with Gasteiger partial charge in [-0.25, -0.2) is 13.4 Å². The van der Waals surface area contributed by atoms with E-state index in [1.165, 1.54) is 23.3 Å². The number of hydrogen-bond acceptors (Lipinski definition) is 6. The van der Waals surface area contributed by atoms with Crippen molar-refractivity contribution in [3.63, 3.8) is 0 Å². The Bertz CT molecular complexity index is 1110. The van der Waals surface area contributed by atoms with Crippen LogP contribution in [-0.4, -0.2) is 48.4 Å². The average molecular weight is 419 g/mol. The van der Waals surface area contributed by atoms with Crippen LogP contribution in [0.3, 0.4) is 0 Å². The van der Waals surface area contributed by atoms with Crippen LogP contribution in [-0.2, 0) is 21.4 Å². The first kappa shape index (κ1) is 20.4. The second-order valence-electron chi connectivity index (χ2n) is 6.67. The van der Waals surface area contributed by atoms with Gasteiger partial charge in [-0.1, -0.05) is 23.5 Å². The first-order valence-electron chi connectivity index (χ1n) is 8.65. The Kier molecular flexibility index (Phi) is 5.78. The lowest BCUT2D eigenvalue weighted by atomic mass is 10.1. The van der Waals surface area contributed by atoms with Gasteiger partial charge in [0.1, 0.15) is 0 Å². The van der Waals surface area contributed by atoms with Crippen molar-refractivity contribution in [2.75, 3.05) is 24.7 Å². The van der Waals surface area contributed by atoms with Gasteiger partial charge in [0.25, 0.3) is 0 Å². The molecule has 0 aliphatic carbocycles. The van der Waals surface area contributed by atoms with Gasteiger partial charge in [-0.3, -0.25) is 14.7 Å². The molecule has 0 aliphatic rings. The fourth-order valence-corrected chi connectivity index (χ4v) is 4.03. The molecule has 0 saturated carbocycles. The van der Waals surface area contributed by atoms with E-state index in [0.29, 0.717) is 10.8 Å². The highest BCUT2D eigenvalue weighted by atomic mass is 32.2. The minimum Gasteiger partial charge on any atom is -0.281 e. The van der Waals surface area contributed by atoms with Crippen LogP contribution in [0.5, 0.6) is 0 Å². The molecular formula is C19H22N4O3S2. The number of fused-ring (bicyclic) bond motifs is 1. The molecule has 0 saturated heterocycles. The number of aromatic nitrogens is 2. The average Bonchev–Trinajstić information content (AvgIpc) is 3.07. The van der Waals surface area contributed by atoms with Crippen molar-refractivity contribution in [3.8, 4) is 0 Å². The van der Waals surface area contributed by atoms with Gasteiger partial charge >= 0.3 is 0 Å². The van der Waals surface area contributed by atoms with E-state index in [1.807, 2.05) is 38.1 Å². The summed E-state index contributed by atoms with van der Waals surface area (Å²) in [5.41, 5.74) is 3.75. The number of nitrogens with zero attached hydrogens (tertiary/aromatic N) is 4. The predicted octanol–water partition coefficient (Wildman–Crippen LogP) is 2.73. The Labute approximate surface area is 168 Å². The number of anilines is 1. The lowest BCUT2D eigenvalue weighted by Gasteiger charge is -2.22. The standard InChI is InChI=1S/C19H22N4O3S2/c1-13-8-9-16-18(14(13)2)21-19(27-16)23(11-15-7-5-6-10-20-15)17(24)12-22(3)28(4,25)26/h5-10H,11-12H2,1-4H3. The van der Waals surface area contributed by atoms with Crippen molar-refractivity contribution in [1.82, 2.24) is 14.3 Å². The second kappa shape index (κ2) is 7.94. The quantitative estimate of drug-likeness (QED) is 0.615. The lowest BCUT2D eigenvalue weighted by Crippen LogP contribution is -2.40. The zero-order valence-electron chi connectivity index (χ0n) is 16.2. The molecule has 0 unspecified atom stereocenters. The first-order valence-corrected chi connectivity index (χ1v) is 11.3. The third kappa shape index (κ3) is 4.37. The van der Waals surface area contributed by atoms with Gasteiger partial charge in [-0.2, -0.15) is 4.31 Å². The van der Waals surface area contributed by atoms with Crippen molar-refractivity contribution < 1.29 is 13.2 Å². The van der Waals surface area contributed by atoms with Gasteiger partial charge < -0.3 is 0 Å². The van der Waals surface area contributed by atoms with E-state index in [1.54, 1.807) is 12.3 Å². The molecule has 1 aromatic carbocycles. The number of thiazole rings is 1. The predicted molar refractivity (Wildman–Crippen MR) is 112 cm³/mol. The summed E-state index contributed by atoms with van der Waals surface area (Å²) in [7, 11) is -2.08. The maximum atomic E-state index is 13.0. The Balaban J connectivity index is 2.00. The molecule has 3 aromatic rings. The molecule has 0 aliphatic heterocycles. The summed E-state index contributed by atoms with van der Waals surface area (Å²) in [6.07, 6.45) is 2.74. The summed E-state index contributed by atoms with van der Waals surface area (Å²) in [5, 5.41) is 0.529. The lowest BCUT2D eigenvalue weighted by molar-refractivity contribution is -0.118.